The first-order valence-electron chi connectivity index (χ1n) is 9.13. The highest BCUT2D eigenvalue weighted by Crippen LogP contribution is 2.32. The molecule has 0 aliphatic heterocycles. The first kappa shape index (κ1) is 17.6. The Hall–Kier alpha value is -3.44. The van der Waals surface area contributed by atoms with Gasteiger partial charge in [-0.15, -0.1) is 0 Å². The second-order valence-electron chi connectivity index (χ2n) is 6.66. The van der Waals surface area contributed by atoms with Crippen molar-refractivity contribution in [2.45, 2.75) is 0 Å². The maximum Gasteiger partial charge on any atom is 0.203 e. The van der Waals surface area contributed by atoms with Crippen molar-refractivity contribution in [1.29, 1.82) is 0 Å². The molecule has 0 radical (unpaired) electrons. The SMILES string of the molecule is O=c1c(-c2nc(-c3ccccc3)c(-c3ccccc3)[nH]2)coc2ccc(Br)cc12. The van der Waals surface area contributed by atoms with Gasteiger partial charge in [0.25, 0.3) is 0 Å². The number of imidazole rings is 1. The Morgan fingerprint density at radius 1 is 0.862 bits per heavy atom. The van der Waals surface area contributed by atoms with E-state index in [0.717, 1.165) is 27.0 Å². The second-order valence-corrected chi connectivity index (χ2v) is 7.58. The Morgan fingerprint density at radius 2 is 1.55 bits per heavy atom. The maximum absolute atomic E-state index is 13.1. The third-order valence-corrected chi connectivity index (χ3v) is 5.30. The summed E-state index contributed by atoms with van der Waals surface area (Å²) in [4.78, 5) is 21.3. The minimum atomic E-state index is -0.125. The summed E-state index contributed by atoms with van der Waals surface area (Å²) in [5, 5.41) is 0.510. The lowest BCUT2D eigenvalue weighted by molar-refractivity contribution is 0.604. The fourth-order valence-corrected chi connectivity index (χ4v) is 3.75. The fraction of sp³-hybridized carbons (Fsp3) is 0. The molecule has 0 saturated carbocycles. The number of aromatic nitrogens is 2. The van der Waals surface area contributed by atoms with Crippen molar-refractivity contribution in [2.24, 2.45) is 0 Å². The van der Waals surface area contributed by atoms with E-state index in [2.05, 4.69) is 20.9 Å². The van der Waals surface area contributed by atoms with E-state index in [1.807, 2.05) is 66.7 Å². The highest BCUT2D eigenvalue weighted by Gasteiger charge is 2.18. The van der Waals surface area contributed by atoms with Gasteiger partial charge in [0.15, 0.2) is 0 Å². The summed E-state index contributed by atoms with van der Waals surface area (Å²) < 4.78 is 6.54. The van der Waals surface area contributed by atoms with Crippen LogP contribution in [0.25, 0.3) is 44.9 Å². The lowest BCUT2D eigenvalue weighted by atomic mass is 10.1. The highest BCUT2D eigenvalue weighted by atomic mass is 79.9. The van der Waals surface area contributed by atoms with Crippen LogP contribution in [0.1, 0.15) is 0 Å². The van der Waals surface area contributed by atoms with Crippen molar-refractivity contribution in [1.82, 2.24) is 9.97 Å². The summed E-state index contributed by atoms with van der Waals surface area (Å²) in [5.74, 6) is 0.485. The van der Waals surface area contributed by atoms with Crippen molar-refractivity contribution in [3.8, 4) is 33.9 Å². The Morgan fingerprint density at radius 3 is 2.28 bits per heavy atom. The Bertz CT molecular complexity index is 1320. The summed E-state index contributed by atoms with van der Waals surface area (Å²) in [7, 11) is 0. The molecular weight excluding hydrogens is 428 g/mol. The van der Waals surface area contributed by atoms with E-state index in [1.165, 1.54) is 6.26 Å². The van der Waals surface area contributed by atoms with E-state index in [4.69, 9.17) is 9.40 Å². The first-order chi connectivity index (χ1) is 14.2. The number of nitrogens with one attached hydrogen (secondary N) is 1. The number of hydrogen-bond acceptors (Lipinski definition) is 3. The molecule has 0 amide bonds. The van der Waals surface area contributed by atoms with E-state index >= 15 is 0 Å². The molecule has 2 heterocycles. The Kier molecular flexibility index (Phi) is 4.37. The standard InChI is InChI=1S/C24H15BrN2O2/c25-17-11-12-20-18(13-17)23(28)19(14-29-20)24-26-21(15-7-3-1-4-8-15)22(27-24)16-9-5-2-6-10-16/h1-14H,(H,26,27). The fourth-order valence-electron chi connectivity index (χ4n) is 3.39. The number of fused-ring (bicyclic) bond motifs is 1. The monoisotopic (exact) mass is 442 g/mol. The first-order valence-corrected chi connectivity index (χ1v) is 9.92. The third-order valence-electron chi connectivity index (χ3n) is 4.80. The minimum Gasteiger partial charge on any atom is -0.463 e. The average Bonchev–Trinajstić information content (AvgIpc) is 3.21. The van der Waals surface area contributed by atoms with Crippen molar-refractivity contribution >= 4 is 26.9 Å². The molecule has 5 rings (SSSR count). The van der Waals surface area contributed by atoms with Crippen LogP contribution >= 0.6 is 15.9 Å². The van der Waals surface area contributed by atoms with Crippen LogP contribution in [0.15, 0.2) is 98.8 Å². The molecule has 0 bridgehead atoms. The molecule has 1 N–H and O–H groups in total. The predicted molar refractivity (Wildman–Crippen MR) is 119 cm³/mol. The van der Waals surface area contributed by atoms with Gasteiger partial charge in [0.2, 0.25) is 5.43 Å². The minimum absolute atomic E-state index is 0.125. The molecule has 140 valence electrons. The topological polar surface area (TPSA) is 58.9 Å². The van der Waals surface area contributed by atoms with Crippen molar-refractivity contribution in [3.63, 3.8) is 0 Å². The van der Waals surface area contributed by atoms with E-state index in [0.29, 0.717) is 22.4 Å². The normalized spacial score (nSPS) is 11.1. The van der Waals surface area contributed by atoms with Crippen LogP contribution in [0.5, 0.6) is 0 Å². The van der Waals surface area contributed by atoms with Gasteiger partial charge in [-0.05, 0) is 18.2 Å². The molecule has 5 heteroatoms. The molecule has 3 aromatic carbocycles. The van der Waals surface area contributed by atoms with Gasteiger partial charge in [-0.3, -0.25) is 4.79 Å². The summed E-state index contributed by atoms with van der Waals surface area (Å²) in [6.07, 6.45) is 1.47. The van der Waals surface area contributed by atoms with Gasteiger partial charge < -0.3 is 9.40 Å². The summed E-state index contributed by atoms with van der Waals surface area (Å²) in [6, 6.07) is 25.3. The Balaban J connectivity index is 1.75. The third kappa shape index (κ3) is 3.19. The molecule has 2 aromatic heterocycles. The van der Waals surface area contributed by atoms with Gasteiger partial charge in [0.05, 0.1) is 16.8 Å². The van der Waals surface area contributed by atoms with E-state index in [-0.39, 0.29) is 5.43 Å². The van der Waals surface area contributed by atoms with E-state index in [9.17, 15) is 4.79 Å². The molecule has 0 fully saturated rings. The van der Waals surface area contributed by atoms with E-state index in [1.54, 1.807) is 12.1 Å². The van der Waals surface area contributed by atoms with Gasteiger partial charge >= 0.3 is 0 Å². The summed E-state index contributed by atoms with van der Waals surface area (Å²) in [6.45, 7) is 0. The zero-order valence-electron chi connectivity index (χ0n) is 15.2. The number of rotatable bonds is 3. The number of nitrogens with zero attached hydrogens (tertiary/aromatic N) is 1. The number of benzene rings is 3. The van der Waals surface area contributed by atoms with Crippen molar-refractivity contribution < 1.29 is 4.42 Å². The Labute approximate surface area is 175 Å². The number of hydrogen-bond donors (Lipinski definition) is 1. The van der Waals surface area contributed by atoms with Gasteiger partial charge in [0.1, 0.15) is 23.2 Å². The molecule has 0 spiro atoms. The van der Waals surface area contributed by atoms with Crippen LogP contribution in [0.3, 0.4) is 0 Å². The van der Waals surface area contributed by atoms with Gasteiger partial charge in [0, 0.05) is 15.6 Å². The summed E-state index contributed by atoms with van der Waals surface area (Å²) in [5.41, 5.74) is 4.44. The predicted octanol–water partition coefficient (Wildman–Crippen LogP) is 6.28. The molecule has 0 aliphatic carbocycles. The highest BCUT2D eigenvalue weighted by molar-refractivity contribution is 9.10. The molecule has 0 saturated heterocycles. The van der Waals surface area contributed by atoms with Crippen molar-refractivity contribution in [2.75, 3.05) is 0 Å². The molecule has 0 unspecified atom stereocenters. The van der Waals surface area contributed by atoms with E-state index < -0.39 is 0 Å². The molecule has 0 atom stereocenters. The van der Waals surface area contributed by atoms with Crippen LogP contribution in [0, 0.1) is 0 Å². The quantitative estimate of drug-likeness (QED) is 0.357. The molecule has 29 heavy (non-hydrogen) atoms. The zero-order chi connectivity index (χ0) is 19.8. The molecule has 4 nitrogen and oxygen atoms in total. The van der Waals surface area contributed by atoms with Crippen LogP contribution in [0.2, 0.25) is 0 Å². The largest absolute Gasteiger partial charge is 0.463 e. The number of aromatic amines is 1. The van der Waals surface area contributed by atoms with Crippen LogP contribution in [-0.2, 0) is 0 Å². The maximum atomic E-state index is 13.1. The van der Waals surface area contributed by atoms with Gasteiger partial charge in [-0.1, -0.05) is 76.6 Å². The molecule has 0 aliphatic rings. The van der Waals surface area contributed by atoms with Crippen LogP contribution in [0.4, 0.5) is 0 Å². The zero-order valence-corrected chi connectivity index (χ0v) is 16.8. The molecule has 5 aromatic rings. The summed E-state index contributed by atoms with van der Waals surface area (Å²) >= 11 is 3.42. The van der Waals surface area contributed by atoms with Crippen LogP contribution < -0.4 is 5.43 Å². The second kappa shape index (κ2) is 7.18. The van der Waals surface area contributed by atoms with Crippen LogP contribution in [-0.4, -0.2) is 9.97 Å². The van der Waals surface area contributed by atoms with Gasteiger partial charge in [-0.2, -0.15) is 0 Å². The molecular formula is C24H15BrN2O2. The smallest absolute Gasteiger partial charge is 0.203 e. The number of H-pyrrole nitrogens is 1. The lowest BCUT2D eigenvalue weighted by Gasteiger charge is -2.02. The average molecular weight is 443 g/mol. The lowest BCUT2D eigenvalue weighted by Crippen LogP contribution is -2.05. The van der Waals surface area contributed by atoms with Gasteiger partial charge in [-0.25, -0.2) is 4.98 Å². The van der Waals surface area contributed by atoms with Crippen molar-refractivity contribution in [3.05, 3.63) is 99.8 Å². The number of halogens is 1.